The normalized spacial score (nSPS) is 19.8. The van der Waals surface area contributed by atoms with E-state index in [9.17, 15) is 19.5 Å². The van der Waals surface area contributed by atoms with Crippen molar-refractivity contribution >= 4 is 68.5 Å². The lowest BCUT2D eigenvalue weighted by molar-refractivity contribution is -0.134. The van der Waals surface area contributed by atoms with Crippen LogP contribution in [0.5, 0.6) is 0 Å². The Hall–Kier alpha value is -4.95. The Labute approximate surface area is 306 Å². The third kappa shape index (κ3) is 6.72. The summed E-state index contributed by atoms with van der Waals surface area (Å²) >= 11 is 6.60. The zero-order valence-corrected chi connectivity index (χ0v) is 31.1. The zero-order valence-electron chi connectivity index (χ0n) is 30.4. The van der Waals surface area contributed by atoms with E-state index < -0.39 is 11.5 Å². The summed E-state index contributed by atoms with van der Waals surface area (Å²) in [5.74, 6) is 0.0580. The molecule has 3 N–H and O–H groups in total. The predicted octanol–water partition coefficient (Wildman–Crippen LogP) is 4.59. The van der Waals surface area contributed by atoms with Gasteiger partial charge in [0.05, 0.1) is 40.0 Å². The first-order valence-corrected chi connectivity index (χ1v) is 18.1. The fourth-order valence-corrected chi connectivity index (χ4v) is 7.69. The van der Waals surface area contributed by atoms with Crippen molar-refractivity contribution in [3.8, 4) is 0 Å². The van der Waals surface area contributed by atoms with Gasteiger partial charge in [0.1, 0.15) is 5.02 Å². The van der Waals surface area contributed by atoms with Crippen molar-refractivity contribution in [1.29, 1.82) is 0 Å². The number of aliphatic hydroxyl groups is 1. The number of hydrogen-bond donors (Lipinski definition) is 3. The zero-order chi connectivity index (χ0) is 37.1. The minimum Gasteiger partial charge on any atom is -0.390 e. The Morgan fingerprint density at radius 1 is 1.08 bits per heavy atom. The van der Waals surface area contributed by atoms with Gasteiger partial charge < -0.3 is 20.2 Å². The summed E-state index contributed by atoms with van der Waals surface area (Å²) in [5.41, 5.74) is 3.97. The molecule has 52 heavy (non-hydrogen) atoms. The molecule has 5 aromatic rings. The van der Waals surface area contributed by atoms with Crippen LogP contribution in [0.15, 0.2) is 47.4 Å². The number of piperidine rings is 2. The van der Waals surface area contributed by atoms with Gasteiger partial charge in [-0.25, -0.2) is 9.78 Å². The first-order valence-electron chi connectivity index (χ1n) is 17.7. The van der Waals surface area contributed by atoms with Crippen LogP contribution in [0.1, 0.15) is 64.5 Å². The van der Waals surface area contributed by atoms with Crippen molar-refractivity contribution in [2.75, 3.05) is 28.7 Å². The molecular formula is C37H45ClN10O4. The molecule has 2 aliphatic rings. The number of imidazole rings is 1. The van der Waals surface area contributed by atoms with Crippen molar-refractivity contribution in [3.63, 3.8) is 0 Å². The average Bonchev–Trinajstić information content (AvgIpc) is 3.55. The number of aryl methyl sites for hydroxylation is 3. The number of halogens is 1. The number of rotatable bonds is 9. The van der Waals surface area contributed by atoms with E-state index >= 15 is 0 Å². The molecule has 2 aliphatic heterocycles. The highest BCUT2D eigenvalue weighted by Crippen LogP contribution is 2.35. The van der Waals surface area contributed by atoms with Crippen LogP contribution in [-0.2, 0) is 30.2 Å². The Kier molecular flexibility index (Phi) is 9.24. The second-order valence-electron chi connectivity index (χ2n) is 14.8. The molecule has 5 heterocycles. The van der Waals surface area contributed by atoms with Gasteiger partial charge in [-0.3, -0.25) is 28.7 Å². The van der Waals surface area contributed by atoms with Crippen LogP contribution in [0.3, 0.4) is 0 Å². The Bertz CT molecular complexity index is 2250. The van der Waals surface area contributed by atoms with Crippen molar-refractivity contribution in [1.82, 2.24) is 34.2 Å². The standard InChI is InChI=1S/C37H45ClN10O4/c1-21-17-23(13-15-47(21)24-8-9-25-29(19-24)46(6)43-32(25)26-10-12-31(49)41-34(26)50)44(4)35-39-20-27(38)33(42-35)40-22-7-11-28-30(18-22)48(36(51)45(28)5)16-14-37(2,3)52/h7-9,11,18-21,23,26,52H,10,12-17H2,1-6H3,(H,39,40,42)(H,41,49,50)/t21-,23+,26?/m0/s1. The number of anilines is 4. The van der Waals surface area contributed by atoms with E-state index in [1.54, 1.807) is 36.2 Å². The SMILES string of the molecule is C[C@H]1C[C@H](N(C)c2ncc(Cl)c(Nc3ccc4c(c3)n(CCC(C)(C)O)c(=O)n4C)n2)CCN1c1ccc2c(C3CCC(=O)NC3=O)nn(C)c2c1. The number of imide groups is 1. The van der Waals surface area contributed by atoms with E-state index in [1.807, 2.05) is 43.0 Å². The van der Waals surface area contributed by atoms with Gasteiger partial charge in [-0.05, 0) is 82.9 Å². The van der Waals surface area contributed by atoms with Crippen molar-refractivity contribution in [2.45, 2.75) is 83.0 Å². The second kappa shape index (κ2) is 13.6. The van der Waals surface area contributed by atoms with Gasteiger partial charge in [0, 0.05) is 69.5 Å². The molecule has 3 atom stereocenters. The first-order chi connectivity index (χ1) is 24.7. The number of aromatic nitrogens is 6. The number of benzene rings is 2. The molecule has 1 unspecified atom stereocenters. The summed E-state index contributed by atoms with van der Waals surface area (Å²) in [5, 5.41) is 22.1. The Balaban J connectivity index is 1.06. The highest BCUT2D eigenvalue weighted by Gasteiger charge is 2.33. The number of nitrogens with one attached hydrogen (secondary N) is 2. The molecular weight excluding hydrogens is 684 g/mol. The van der Waals surface area contributed by atoms with Gasteiger partial charge in [0.2, 0.25) is 17.8 Å². The smallest absolute Gasteiger partial charge is 0.328 e. The van der Waals surface area contributed by atoms with Crippen LogP contribution in [0.2, 0.25) is 5.02 Å². The largest absolute Gasteiger partial charge is 0.390 e. The van der Waals surface area contributed by atoms with Gasteiger partial charge in [0.15, 0.2) is 5.82 Å². The van der Waals surface area contributed by atoms with Crippen LogP contribution in [-0.4, -0.2) is 77.1 Å². The molecule has 0 saturated carbocycles. The third-order valence-corrected chi connectivity index (χ3v) is 10.8. The summed E-state index contributed by atoms with van der Waals surface area (Å²) in [4.78, 5) is 51.2. The van der Waals surface area contributed by atoms with Gasteiger partial charge in [-0.1, -0.05) is 11.6 Å². The molecule has 2 fully saturated rings. The quantitative estimate of drug-likeness (QED) is 0.184. The molecule has 274 valence electrons. The number of nitrogens with zero attached hydrogens (tertiary/aromatic N) is 8. The van der Waals surface area contributed by atoms with Crippen LogP contribution >= 0.6 is 11.6 Å². The van der Waals surface area contributed by atoms with E-state index in [0.29, 0.717) is 48.3 Å². The molecule has 7 rings (SSSR count). The number of carbonyl (C=O) groups is 2. The number of amides is 2. The number of carbonyl (C=O) groups excluding carboxylic acids is 2. The van der Waals surface area contributed by atoms with E-state index in [4.69, 9.17) is 21.7 Å². The Morgan fingerprint density at radius 2 is 1.87 bits per heavy atom. The van der Waals surface area contributed by atoms with Gasteiger partial charge in [0.25, 0.3) is 0 Å². The van der Waals surface area contributed by atoms with Crippen molar-refractivity contribution in [3.05, 3.63) is 63.8 Å². The van der Waals surface area contributed by atoms with Crippen molar-refractivity contribution < 1.29 is 14.7 Å². The maximum Gasteiger partial charge on any atom is 0.328 e. The van der Waals surface area contributed by atoms with Gasteiger partial charge >= 0.3 is 5.69 Å². The molecule has 0 spiro atoms. The molecule has 3 aromatic heterocycles. The Morgan fingerprint density at radius 3 is 2.60 bits per heavy atom. The predicted molar refractivity (Wildman–Crippen MR) is 202 cm³/mol. The van der Waals surface area contributed by atoms with Crippen LogP contribution in [0.4, 0.5) is 23.1 Å². The molecule has 0 aliphatic carbocycles. The highest BCUT2D eigenvalue weighted by molar-refractivity contribution is 6.33. The topological polar surface area (TPSA) is 155 Å². The van der Waals surface area contributed by atoms with E-state index in [0.717, 1.165) is 52.7 Å². The van der Waals surface area contributed by atoms with E-state index in [2.05, 4.69) is 44.5 Å². The van der Waals surface area contributed by atoms with Gasteiger partial charge in [-0.2, -0.15) is 10.1 Å². The maximum atomic E-state index is 13.0. The summed E-state index contributed by atoms with van der Waals surface area (Å²) in [7, 11) is 5.64. The third-order valence-electron chi connectivity index (χ3n) is 10.6. The van der Waals surface area contributed by atoms with Gasteiger partial charge in [-0.15, -0.1) is 0 Å². The van der Waals surface area contributed by atoms with E-state index in [-0.39, 0.29) is 29.6 Å². The summed E-state index contributed by atoms with van der Waals surface area (Å²) in [6, 6.07) is 12.4. The highest BCUT2D eigenvalue weighted by atomic mass is 35.5. The summed E-state index contributed by atoms with van der Waals surface area (Å²) in [6.45, 7) is 6.89. The van der Waals surface area contributed by atoms with Crippen LogP contribution in [0, 0.1) is 0 Å². The molecule has 2 saturated heterocycles. The lowest BCUT2D eigenvalue weighted by atomic mass is 9.92. The average molecular weight is 729 g/mol. The first kappa shape index (κ1) is 35.5. The van der Waals surface area contributed by atoms with Crippen molar-refractivity contribution in [2.24, 2.45) is 14.1 Å². The summed E-state index contributed by atoms with van der Waals surface area (Å²) < 4.78 is 5.11. The fraction of sp³-hybridized carbons (Fsp3) is 0.459. The number of fused-ring (bicyclic) bond motifs is 2. The van der Waals surface area contributed by atoms with Crippen LogP contribution in [0.25, 0.3) is 21.9 Å². The monoisotopic (exact) mass is 728 g/mol. The molecule has 2 amide bonds. The molecule has 14 nitrogen and oxygen atoms in total. The fourth-order valence-electron chi connectivity index (χ4n) is 7.55. The second-order valence-corrected chi connectivity index (χ2v) is 15.2. The van der Waals surface area contributed by atoms with Crippen LogP contribution < -0.4 is 26.1 Å². The minimum atomic E-state index is -0.901. The lowest BCUT2D eigenvalue weighted by Gasteiger charge is -2.42. The lowest BCUT2D eigenvalue weighted by Crippen LogP contribution is -2.48. The molecule has 2 aromatic carbocycles. The minimum absolute atomic E-state index is 0.142. The molecule has 15 heteroatoms. The maximum absolute atomic E-state index is 13.0. The summed E-state index contributed by atoms with van der Waals surface area (Å²) in [6.07, 6.45) is 4.57. The number of hydrogen-bond acceptors (Lipinski definition) is 10. The molecule has 0 bridgehead atoms. The molecule has 0 radical (unpaired) electrons. The van der Waals surface area contributed by atoms with E-state index in [1.165, 1.54) is 0 Å².